The second kappa shape index (κ2) is 3.67. The Morgan fingerprint density at radius 2 is 2.36 bits per heavy atom. The summed E-state index contributed by atoms with van der Waals surface area (Å²) in [5, 5.41) is 7.67. The maximum atomic E-state index is 5.77. The molecule has 0 aliphatic carbocycles. The molecule has 4 nitrogen and oxygen atoms in total. The first-order valence-corrected chi connectivity index (χ1v) is 4.52. The maximum absolute atomic E-state index is 5.77. The largest absolute Gasteiger partial charge is 0.373 e. The van der Waals surface area contributed by atoms with Gasteiger partial charge in [0.25, 0.3) is 0 Å². The fourth-order valence-corrected chi connectivity index (χ4v) is 1.28. The van der Waals surface area contributed by atoms with Crippen molar-refractivity contribution in [2.45, 2.75) is 0 Å². The lowest BCUT2D eigenvalue weighted by Gasteiger charge is -2.03. The molecule has 2 rings (SSSR count). The van der Waals surface area contributed by atoms with E-state index in [1.54, 1.807) is 23.3 Å². The van der Waals surface area contributed by atoms with Crippen LogP contribution in [0.5, 0.6) is 0 Å². The van der Waals surface area contributed by atoms with Gasteiger partial charge in [-0.3, -0.25) is 0 Å². The van der Waals surface area contributed by atoms with Crippen molar-refractivity contribution in [2.24, 2.45) is 0 Å². The zero-order valence-corrected chi connectivity index (χ0v) is 8.36. The van der Waals surface area contributed by atoms with Crippen LogP contribution in [0.15, 0.2) is 30.7 Å². The molecule has 0 unspecified atom stereocenters. The van der Waals surface area contributed by atoms with Crippen LogP contribution in [0.4, 0.5) is 5.82 Å². The van der Waals surface area contributed by atoms with E-state index in [1.165, 1.54) is 0 Å². The molecule has 14 heavy (non-hydrogen) atoms. The number of rotatable bonds is 2. The van der Waals surface area contributed by atoms with Gasteiger partial charge in [0, 0.05) is 25.5 Å². The lowest BCUT2D eigenvalue weighted by molar-refractivity contribution is 0.878. The van der Waals surface area contributed by atoms with Crippen molar-refractivity contribution in [1.29, 1.82) is 0 Å². The molecule has 0 amide bonds. The van der Waals surface area contributed by atoms with Crippen LogP contribution < -0.4 is 5.32 Å². The predicted molar refractivity (Wildman–Crippen MR) is 55.9 cm³/mol. The summed E-state index contributed by atoms with van der Waals surface area (Å²) in [5.74, 6) is 0.800. The first kappa shape index (κ1) is 9.02. The van der Waals surface area contributed by atoms with Gasteiger partial charge < -0.3 is 5.32 Å². The molecule has 72 valence electrons. The Kier molecular flexibility index (Phi) is 2.37. The van der Waals surface area contributed by atoms with Crippen molar-refractivity contribution in [3.63, 3.8) is 0 Å². The summed E-state index contributed by atoms with van der Waals surface area (Å²) < 4.78 is 1.70. The number of nitrogens with one attached hydrogen (secondary N) is 1. The molecule has 0 bridgehead atoms. The van der Waals surface area contributed by atoms with Crippen LogP contribution in [0.2, 0.25) is 5.02 Å². The van der Waals surface area contributed by atoms with E-state index in [1.807, 2.05) is 19.2 Å². The molecular formula is C9H9ClN4. The van der Waals surface area contributed by atoms with E-state index >= 15 is 0 Å². The van der Waals surface area contributed by atoms with Crippen molar-refractivity contribution in [1.82, 2.24) is 14.8 Å². The first-order valence-electron chi connectivity index (χ1n) is 4.14. The molecule has 2 aromatic rings. The van der Waals surface area contributed by atoms with Crippen LogP contribution in [-0.4, -0.2) is 21.8 Å². The second-order valence-corrected chi connectivity index (χ2v) is 3.19. The third-order valence-corrected chi connectivity index (χ3v) is 2.01. The van der Waals surface area contributed by atoms with E-state index in [4.69, 9.17) is 11.6 Å². The zero-order chi connectivity index (χ0) is 9.97. The van der Waals surface area contributed by atoms with Crippen molar-refractivity contribution in [3.8, 4) is 5.69 Å². The smallest absolute Gasteiger partial charge is 0.127 e. The van der Waals surface area contributed by atoms with E-state index in [9.17, 15) is 0 Å². The standard InChI is InChI=1S/C9H9ClN4/c1-11-9-4-8(2-3-12-9)14-6-7(10)5-13-14/h2-6H,1H3,(H,11,12). The number of aromatic nitrogens is 3. The Morgan fingerprint density at radius 1 is 1.50 bits per heavy atom. The number of nitrogens with zero attached hydrogens (tertiary/aromatic N) is 3. The molecule has 2 aromatic heterocycles. The summed E-state index contributed by atoms with van der Waals surface area (Å²) in [7, 11) is 1.82. The van der Waals surface area contributed by atoms with Crippen molar-refractivity contribution >= 4 is 17.4 Å². The lowest BCUT2D eigenvalue weighted by atomic mass is 10.4. The monoisotopic (exact) mass is 208 g/mol. The summed E-state index contributed by atoms with van der Waals surface area (Å²) in [6.45, 7) is 0. The minimum atomic E-state index is 0.618. The highest BCUT2D eigenvalue weighted by molar-refractivity contribution is 6.30. The third-order valence-electron chi connectivity index (χ3n) is 1.82. The van der Waals surface area contributed by atoms with Crippen LogP contribution in [0.3, 0.4) is 0 Å². The summed E-state index contributed by atoms with van der Waals surface area (Å²) in [5.41, 5.74) is 0.927. The highest BCUT2D eigenvalue weighted by Gasteiger charge is 1.99. The molecule has 0 aliphatic heterocycles. The van der Waals surface area contributed by atoms with Gasteiger partial charge >= 0.3 is 0 Å². The van der Waals surface area contributed by atoms with Crippen LogP contribution >= 0.6 is 11.6 Å². The molecule has 0 fully saturated rings. The lowest BCUT2D eigenvalue weighted by Crippen LogP contribution is -1.97. The molecule has 0 atom stereocenters. The minimum Gasteiger partial charge on any atom is -0.373 e. The van der Waals surface area contributed by atoms with E-state index in [0.717, 1.165) is 11.5 Å². The molecule has 0 saturated carbocycles. The molecule has 0 aliphatic rings. The van der Waals surface area contributed by atoms with Crippen LogP contribution in [0, 0.1) is 0 Å². The van der Waals surface area contributed by atoms with Gasteiger partial charge in [-0.05, 0) is 6.07 Å². The highest BCUT2D eigenvalue weighted by atomic mass is 35.5. The first-order chi connectivity index (χ1) is 6.79. The zero-order valence-electron chi connectivity index (χ0n) is 7.61. The normalized spacial score (nSPS) is 10.1. The molecule has 2 heterocycles. The van der Waals surface area contributed by atoms with Gasteiger partial charge in [0.15, 0.2) is 0 Å². The Labute approximate surface area is 86.5 Å². The van der Waals surface area contributed by atoms with Gasteiger partial charge in [-0.15, -0.1) is 0 Å². The summed E-state index contributed by atoms with van der Waals surface area (Å²) in [4.78, 5) is 4.10. The van der Waals surface area contributed by atoms with Gasteiger partial charge in [-0.2, -0.15) is 5.10 Å². The molecule has 0 saturated heterocycles. The van der Waals surface area contributed by atoms with Crippen LogP contribution in [-0.2, 0) is 0 Å². The van der Waals surface area contributed by atoms with E-state index in [2.05, 4.69) is 15.4 Å². The van der Waals surface area contributed by atoms with Gasteiger partial charge in [-0.1, -0.05) is 11.6 Å². The van der Waals surface area contributed by atoms with Gasteiger partial charge in [0.2, 0.25) is 0 Å². The van der Waals surface area contributed by atoms with Crippen LogP contribution in [0.25, 0.3) is 5.69 Å². The van der Waals surface area contributed by atoms with Crippen LogP contribution in [0.1, 0.15) is 0 Å². The summed E-state index contributed by atoms with van der Waals surface area (Å²) >= 11 is 5.77. The number of hydrogen-bond donors (Lipinski definition) is 1. The number of halogens is 1. The Bertz CT molecular complexity index is 438. The summed E-state index contributed by atoms with van der Waals surface area (Å²) in [6, 6.07) is 3.76. The quantitative estimate of drug-likeness (QED) is 0.821. The summed E-state index contributed by atoms with van der Waals surface area (Å²) in [6.07, 6.45) is 5.06. The molecule has 0 spiro atoms. The number of hydrogen-bond acceptors (Lipinski definition) is 3. The van der Waals surface area contributed by atoms with Crippen molar-refractivity contribution in [3.05, 3.63) is 35.7 Å². The average molecular weight is 209 g/mol. The molecular weight excluding hydrogens is 200 g/mol. The molecule has 0 radical (unpaired) electrons. The topological polar surface area (TPSA) is 42.7 Å². The predicted octanol–water partition coefficient (Wildman–Crippen LogP) is 1.96. The van der Waals surface area contributed by atoms with E-state index in [0.29, 0.717) is 5.02 Å². The van der Waals surface area contributed by atoms with E-state index < -0.39 is 0 Å². The van der Waals surface area contributed by atoms with Gasteiger partial charge in [0.1, 0.15) is 5.82 Å². The van der Waals surface area contributed by atoms with Crippen molar-refractivity contribution in [2.75, 3.05) is 12.4 Å². The highest BCUT2D eigenvalue weighted by Crippen LogP contribution is 2.13. The minimum absolute atomic E-state index is 0.618. The third kappa shape index (κ3) is 1.70. The SMILES string of the molecule is CNc1cc(-n2cc(Cl)cn2)ccn1. The van der Waals surface area contributed by atoms with Gasteiger partial charge in [0.05, 0.1) is 16.9 Å². The van der Waals surface area contributed by atoms with E-state index in [-0.39, 0.29) is 0 Å². The molecule has 5 heteroatoms. The Morgan fingerprint density at radius 3 is 3.00 bits per heavy atom. The number of anilines is 1. The van der Waals surface area contributed by atoms with Crippen molar-refractivity contribution < 1.29 is 0 Å². The fraction of sp³-hybridized carbons (Fsp3) is 0.111. The van der Waals surface area contributed by atoms with Gasteiger partial charge in [-0.25, -0.2) is 9.67 Å². The molecule has 0 aromatic carbocycles. The maximum Gasteiger partial charge on any atom is 0.127 e. The average Bonchev–Trinajstić information content (AvgIpc) is 2.65. The molecule has 1 N–H and O–H groups in total. The Balaban J connectivity index is 2.41. The number of pyridine rings is 1. The Hall–Kier alpha value is -1.55. The fourth-order valence-electron chi connectivity index (χ4n) is 1.14. The second-order valence-electron chi connectivity index (χ2n) is 2.75.